The van der Waals surface area contributed by atoms with Gasteiger partial charge in [0.15, 0.2) is 0 Å². The molecule has 3 nitrogen and oxygen atoms in total. The zero-order chi connectivity index (χ0) is 17.3. The molecule has 0 spiro atoms. The molecule has 0 amide bonds. The lowest BCUT2D eigenvalue weighted by molar-refractivity contribution is -0.0611. The number of nitrogens with zero attached hydrogens (tertiary/aromatic N) is 2. The lowest BCUT2D eigenvalue weighted by Crippen LogP contribution is -2.48. The van der Waals surface area contributed by atoms with E-state index in [1.165, 1.54) is 12.1 Å². The second-order valence-electron chi connectivity index (χ2n) is 6.40. The molecule has 0 radical (unpaired) electrons. The molecule has 3 rings (SSSR count). The Balaban J connectivity index is 2.23. The van der Waals surface area contributed by atoms with Crippen LogP contribution in [0.1, 0.15) is 35.6 Å². The Morgan fingerprint density at radius 2 is 1.96 bits per heavy atom. The van der Waals surface area contributed by atoms with Crippen LogP contribution in [0.2, 0.25) is 0 Å². The zero-order valence-electron chi connectivity index (χ0n) is 14.2. The Kier molecular flexibility index (Phi) is 4.40. The van der Waals surface area contributed by atoms with Crippen LogP contribution in [0, 0.1) is 17.1 Å². The number of hydrogen-bond acceptors (Lipinski definition) is 3. The molecule has 1 aliphatic rings. The third-order valence-electron chi connectivity index (χ3n) is 4.84. The van der Waals surface area contributed by atoms with Gasteiger partial charge in [-0.1, -0.05) is 25.1 Å². The average molecular weight is 324 g/mol. The summed E-state index contributed by atoms with van der Waals surface area (Å²) in [5.41, 5.74) is 3.00. The van der Waals surface area contributed by atoms with E-state index >= 15 is 0 Å². The van der Waals surface area contributed by atoms with Gasteiger partial charge >= 0.3 is 0 Å². The normalized spacial score (nSPS) is 20.7. The molecule has 0 aromatic heterocycles. The third-order valence-corrected chi connectivity index (χ3v) is 4.84. The summed E-state index contributed by atoms with van der Waals surface area (Å²) in [6.07, 6.45) is 0.879. The van der Waals surface area contributed by atoms with Crippen molar-refractivity contribution in [1.82, 2.24) is 4.90 Å². The van der Waals surface area contributed by atoms with E-state index in [-0.39, 0.29) is 11.9 Å². The number of nitriles is 1. The standard InChI is InChI=1S/C20H21FN2O/c1-4-19(23(2)3)20(16-6-8-17(21)9-7-16)18-10-5-14(12-22)11-15(18)13-24-20/h5-11,19H,4,13H2,1-3H3. The second-order valence-corrected chi connectivity index (χ2v) is 6.40. The summed E-state index contributed by atoms with van der Waals surface area (Å²) in [7, 11) is 4.06. The van der Waals surface area contributed by atoms with Crippen LogP contribution < -0.4 is 0 Å². The molecule has 0 saturated carbocycles. The molecule has 0 bridgehead atoms. The summed E-state index contributed by atoms with van der Waals surface area (Å²) < 4.78 is 19.8. The van der Waals surface area contributed by atoms with Crippen LogP contribution in [0.5, 0.6) is 0 Å². The van der Waals surface area contributed by atoms with Gasteiger partial charge in [0.05, 0.1) is 18.2 Å². The van der Waals surface area contributed by atoms with Gasteiger partial charge in [-0.05, 0) is 61.5 Å². The van der Waals surface area contributed by atoms with Crippen molar-refractivity contribution in [3.8, 4) is 6.07 Å². The van der Waals surface area contributed by atoms with Crippen LogP contribution in [0.3, 0.4) is 0 Å². The largest absolute Gasteiger partial charge is 0.359 e. The van der Waals surface area contributed by atoms with Crippen LogP contribution in [0.25, 0.3) is 0 Å². The van der Waals surface area contributed by atoms with Gasteiger partial charge in [-0.3, -0.25) is 0 Å². The minimum Gasteiger partial charge on any atom is -0.359 e. The highest BCUT2D eigenvalue weighted by Gasteiger charge is 2.48. The average Bonchev–Trinajstić information content (AvgIpc) is 2.95. The van der Waals surface area contributed by atoms with Crippen molar-refractivity contribution in [3.63, 3.8) is 0 Å². The van der Waals surface area contributed by atoms with E-state index in [1.807, 2.05) is 32.3 Å². The first kappa shape index (κ1) is 16.6. The van der Waals surface area contributed by atoms with Crippen LogP contribution in [-0.4, -0.2) is 25.0 Å². The fourth-order valence-electron chi connectivity index (χ4n) is 3.83. The Morgan fingerprint density at radius 3 is 2.54 bits per heavy atom. The molecular formula is C20H21FN2O. The van der Waals surface area contributed by atoms with Gasteiger partial charge < -0.3 is 9.64 Å². The van der Waals surface area contributed by atoms with Gasteiger partial charge in [-0.15, -0.1) is 0 Å². The molecule has 2 aromatic carbocycles. The predicted octanol–water partition coefficient (Wildman–Crippen LogP) is 3.81. The van der Waals surface area contributed by atoms with Crippen molar-refractivity contribution in [2.24, 2.45) is 0 Å². The van der Waals surface area contributed by atoms with E-state index in [1.54, 1.807) is 12.1 Å². The van der Waals surface area contributed by atoms with Gasteiger partial charge in [-0.2, -0.15) is 5.26 Å². The van der Waals surface area contributed by atoms with E-state index in [0.717, 1.165) is 23.1 Å². The first-order valence-corrected chi connectivity index (χ1v) is 8.12. The molecule has 2 aromatic rings. The van der Waals surface area contributed by atoms with Crippen molar-refractivity contribution in [3.05, 3.63) is 70.5 Å². The fraction of sp³-hybridized carbons (Fsp3) is 0.350. The quantitative estimate of drug-likeness (QED) is 0.858. The molecule has 4 heteroatoms. The summed E-state index contributed by atoms with van der Waals surface area (Å²) in [4.78, 5) is 2.15. The van der Waals surface area contributed by atoms with Crippen molar-refractivity contribution in [1.29, 1.82) is 5.26 Å². The molecule has 0 aliphatic carbocycles. The molecule has 0 fully saturated rings. The third kappa shape index (κ3) is 2.50. The maximum Gasteiger partial charge on any atom is 0.134 e. The molecule has 2 unspecified atom stereocenters. The highest BCUT2D eigenvalue weighted by molar-refractivity contribution is 5.49. The molecule has 24 heavy (non-hydrogen) atoms. The van der Waals surface area contributed by atoms with Crippen LogP contribution in [0.15, 0.2) is 42.5 Å². The summed E-state index contributed by atoms with van der Waals surface area (Å²) in [6.45, 7) is 2.58. The number of rotatable bonds is 4. The van der Waals surface area contributed by atoms with Crippen molar-refractivity contribution in [2.45, 2.75) is 31.6 Å². The van der Waals surface area contributed by atoms with Crippen LogP contribution >= 0.6 is 0 Å². The Labute approximate surface area is 142 Å². The first-order valence-electron chi connectivity index (χ1n) is 8.12. The minimum atomic E-state index is -0.657. The monoisotopic (exact) mass is 324 g/mol. The van der Waals surface area contributed by atoms with E-state index in [9.17, 15) is 4.39 Å². The van der Waals surface area contributed by atoms with E-state index < -0.39 is 5.60 Å². The van der Waals surface area contributed by atoms with E-state index in [4.69, 9.17) is 10.00 Å². The molecule has 0 N–H and O–H groups in total. The maximum absolute atomic E-state index is 13.4. The predicted molar refractivity (Wildman–Crippen MR) is 90.9 cm³/mol. The number of likely N-dealkylation sites (N-methyl/N-ethyl adjacent to an activating group) is 1. The summed E-state index contributed by atoms with van der Waals surface area (Å²) in [6, 6.07) is 14.5. The second kappa shape index (κ2) is 6.35. The molecular weight excluding hydrogens is 303 g/mol. The fourth-order valence-corrected chi connectivity index (χ4v) is 3.83. The Bertz CT molecular complexity index is 779. The number of halogens is 1. The van der Waals surface area contributed by atoms with Crippen molar-refractivity contribution >= 4 is 0 Å². The molecule has 1 heterocycles. The summed E-state index contributed by atoms with van der Waals surface area (Å²) in [5, 5.41) is 9.15. The SMILES string of the molecule is CCC(N(C)C)C1(c2ccc(F)cc2)OCc2cc(C#N)ccc21. The molecule has 1 aliphatic heterocycles. The lowest BCUT2D eigenvalue weighted by Gasteiger charge is -2.41. The van der Waals surface area contributed by atoms with Crippen molar-refractivity contribution in [2.75, 3.05) is 14.1 Å². The summed E-state index contributed by atoms with van der Waals surface area (Å²) >= 11 is 0. The highest BCUT2D eigenvalue weighted by Crippen LogP contribution is 2.46. The van der Waals surface area contributed by atoms with E-state index in [0.29, 0.717) is 12.2 Å². The first-order chi connectivity index (χ1) is 11.5. The van der Waals surface area contributed by atoms with Gasteiger partial charge in [0, 0.05) is 6.04 Å². The Hall–Kier alpha value is -2.22. The zero-order valence-corrected chi connectivity index (χ0v) is 14.2. The smallest absolute Gasteiger partial charge is 0.134 e. The summed E-state index contributed by atoms with van der Waals surface area (Å²) in [5.74, 6) is -0.259. The molecule has 0 saturated heterocycles. The lowest BCUT2D eigenvalue weighted by atomic mass is 9.78. The Morgan fingerprint density at radius 1 is 1.25 bits per heavy atom. The van der Waals surface area contributed by atoms with Gasteiger partial charge in [0.2, 0.25) is 0 Å². The topological polar surface area (TPSA) is 36.3 Å². The number of ether oxygens (including phenoxy) is 1. The number of benzene rings is 2. The minimum absolute atomic E-state index is 0.0946. The van der Waals surface area contributed by atoms with Crippen LogP contribution in [0.4, 0.5) is 4.39 Å². The van der Waals surface area contributed by atoms with Gasteiger partial charge in [0.1, 0.15) is 11.4 Å². The van der Waals surface area contributed by atoms with E-state index in [2.05, 4.69) is 17.9 Å². The number of hydrogen-bond donors (Lipinski definition) is 0. The van der Waals surface area contributed by atoms with Crippen molar-refractivity contribution < 1.29 is 9.13 Å². The molecule has 124 valence electrons. The molecule has 2 atom stereocenters. The maximum atomic E-state index is 13.4. The highest BCUT2D eigenvalue weighted by atomic mass is 19.1. The van der Waals surface area contributed by atoms with Gasteiger partial charge in [-0.25, -0.2) is 4.39 Å². The number of fused-ring (bicyclic) bond motifs is 1. The van der Waals surface area contributed by atoms with Gasteiger partial charge in [0.25, 0.3) is 0 Å². The van der Waals surface area contributed by atoms with Crippen LogP contribution in [-0.2, 0) is 16.9 Å².